The second-order valence-electron chi connectivity index (χ2n) is 9.09. The lowest BCUT2D eigenvalue weighted by atomic mass is 10.1. The van der Waals surface area contributed by atoms with Crippen LogP contribution >= 0.6 is 0 Å². The Balaban J connectivity index is 1.18. The summed E-state index contributed by atoms with van der Waals surface area (Å²) in [7, 11) is 0. The molecule has 1 amide bonds. The summed E-state index contributed by atoms with van der Waals surface area (Å²) in [5.74, 6) is 1.82. The zero-order chi connectivity index (χ0) is 23.5. The van der Waals surface area contributed by atoms with Crippen LogP contribution in [0.3, 0.4) is 0 Å². The van der Waals surface area contributed by atoms with Crippen LogP contribution in [-0.2, 0) is 11.3 Å². The molecule has 2 saturated heterocycles. The first-order chi connectivity index (χ1) is 16.6. The van der Waals surface area contributed by atoms with Gasteiger partial charge in [0, 0.05) is 64.0 Å². The topological polar surface area (TPSA) is 87.5 Å². The predicted octanol–water partition coefficient (Wildman–Crippen LogP) is 2.22. The van der Waals surface area contributed by atoms with E-state index in [9.17, 15) is 9.59 Å². The van der Waals surface area contributed by atoms with Crippen LogP contribution in [0, 0.1) is 6.92 Å². The highest BCUT2D eigenvalue weighted by atomic mass is 16.2. The normalized spacial score (nSPS) is 16.8. The van der Waals surface area contributed by atoms with Gasteiger partial charge in [-0.3, -0.25) is 14.2 Å². The number of fused-ring (bicyclic) bond motifs is 1. The largest absolute Gasteiger partial charge is 0.353 e. The lowest BCUT2D eigenvalue weighted by Crippen LogP contribution is -2.49. The number of anilines is 2. The van der Waals surface area contributed by atoms with Crippen LogP contribution in [-0.4, -0.2) is 69.6 Å². The summed E-state index contributed by atoms with van der Waals surface area (Å²) in [5, 5.41) is 0.579. The molecule has 2 fully saturated rings. The van der Waals surface area contributed by atoms with Crippen molar-refractivity contribution in [3.63, 3.8) is 0 Å². The van der Waals surface area contributed by atoms with Crippen LogP contribution in [0.25, 0.3) is 10.9 Å². The number of piperidine rings is 1. The van der Waals surface area contributed by atoms with E-state index in [0.717, 1.165) is 43.6 Å². The number of aryl methyl sites for hydroxylation is 2. The number of para-hydroxylation sites is 1. The van der Waals surface area contributed by atoms with E-state index in [1.54, 1.807) is 6.07 Å². The van der Waals surface area contributed by atoms with Gasteiger partial charge < -0.3 is 14.7 Å². The third-order valence-electron chi connectivity index (χ3n) is 6.72. The number of hydrogen-bond acceptors (Lipinski definition) is 7. The third-order valence-corrected chi connectivity index (χ3v) is 6.72. The molecule has 5 rings (SSSR count). The average molecular weight is 462 g/mol. The smallest absolute Gasteiger partial charge is 0.261 e. The molecule has 0 N–H and O–H groups in total. The Hall–Kier alpha value is -3.49. The van der Waals surface area contributed by atoms with Crippen LogP contribution in [0.1, 0.15) is 31.4 Å². The standard InChI is InChI=1S/C25H31N7O2/c1-19-17-22(28-25(27-19)31-10-5-2-6-11-31)29-13-15-30(16-14-29)23(33)9-12-32-18-26-21-8-4-3-7-20(21)24(32)34/h3-4,7-8,17-18H,2,5-6,9-16H2,1H3. The molecular formula is C25H31N7O2. The summed E-state index contributed by atoms with van der Waals surface area (Å²) in [4.78, 5) is 45.8. The Labute approximate surface area is 199 Å². The lowest BCUT2D eigenvalue weighted by molar-refractivity contribution is -0.131. The second-order valence-corrected chi connectivity index (χ2v) is 9.09. The maximum atomic E-state index is 12.8. The lowest BCUT2D eigenvalue weighted by Gasteiger charge is -2.36. The van der Waals surface area contributed by atoms with Gasteiger partial charge in [-0.1, -0.05) is 12.1 Å². The highest BCUT2D eigenvalue weighted by Crippen LogP contribution is 2.21. The molecule has 2 aliphatic heterocycles. The van der Waals surface area contributed by atoms with Gasteiger partial charge in [0.05, 0.1) is 17.2 Å². The van der Waals surface area contributed by atoms with Gasteiger partial charge in [-0.25, -0.2) is 9.97 Å². The SMILES string of the molecule is Cc1cc(N2CCN(C(=O)CCn3cnc4ccccc4c3=O)CC2)nc(N2CCCCC2)n1. The fourth-order valence-electron chi connectivity index (χ4n) is 4.76. The fourth-order valence-corrected chi connectivity index (χ4v) is 4.76. The predicted molar refractivity (Wildman–Crippen MR) is 132 cm³/mol. The van der Waals surface area contributed by atoms with Crippen LogP contribution in [0.15, 0.2) is 41.5 Å². The monoisotopic (exact) mass is 461 g/mol. The molecule has 178 valence electrons. The summed E-state index contributed by atoms with van der Waals surface area (Å²) in [5.41, 5.74) is 1.54. The van der Waals surface area contributed by atoms with Crippen molar-refractivity contribution in [3.8, 4) is 0 Å². The van der Waals surface area contributed by atoms with Gasteiger partial charge in [-0.05, 0) is 38.3 Å². The van der Waals surface area contributed by atoms with Crippen molar-refractivity contribution in [1.82, 2.24) is 24.4 Å². The highest BCUT2D eigenvalue weighted by Gasteiger charge is 2.23. The van der Waals surface area contributed by atoms with Crippen molar-refractivity contribution < 1.29 is 4.79 Å². The maximum absolute atomic E-state index is 12.8. The van der Waals surface area contributed by atoms with E-state index < -0.39 is 0 Å². The van der Waals surface area contributed by atoms with Crippen molar-refractivity contribution in [2.24, 2.45) is 0 Å². The van der Waals surface area contributed by atoms with Crippen molar-refractivity contribution in [1.29, 1.82) is 0 Å². The minimum Gasteiger partial charge on any atom is -0.353 e. The highest BCUT2D eigenvalue weighted by molar-refractivity contribution is 5.78. The van der Waals surface area contributed by atoms with E-state index in [1.807, 2.05) is 36.1 Å². The first kappa shape index (κ1) is 22.3. The molecule has 0 bridgehead atoms. The van der Waals surface area contributed by atoms with Gasteiger partial charge in [0.25, 0.3) is 5.56 Å². The Morgan fingerprint density at radius 2 is 1.71 bits per heavy atom. The molecule has 0 radical (unpaired) electrons. The molecule has 4 heterocycles. The molecule has 0 unspecified atom stereocenters. The number of nitrogens with zero attached hydrogens (tertiary/aromatic N) is 7. The van der Waals surface area contributed by atoms with Crippen molar-refractivity contribution in [3.05, 3.63) is 52.7 Å². The van der Waals surface area contributed by atoms with E-state index in [0.29, 0.717) is 30.5 Å². The molecule has 0 spiro atoms. The Morgan fingerprint density at radius 1 is 0.941 bits per heavy atom. The number of piperazine rings is 1. The number of aromatic nitrogens is 4. The molecule has 9 nitrogen and oxygen atoms in total. The molecule has 2 aromatic heterocycles. The summed E-state index contributed by atoms with van der Waals surface area (Å²) in [6.07, 6.45) is 5.47. The van der Waals surface area contributed by atoms with Crippen LogP contribution in [0.2, 0.25) is 0 Å². The van der Waals surface area contributed by atoms with Crippen molar-refractivity contribution >= 4 is 28.6 Å². The Kier molecular flexibility index (Phi) is 6.42. The van der Waals surface area contributed by atoms with Crippen molar-refractivity contribution in [2.75, 3.05) is 49.1 Å². The summed E-state index contributed by atoms with van der Waals surface area (Å²) in [6, 6.07) is 9.31. The zero-order valence-corrected chi connectivity index (χ0v) is 19.7. The van der Waals surface area contributed by atoms with Crippen LogP contribution in [0.4, 0.5) is 11.8 Å². The molecule has 0 aliphatic carbocycles. The van der Waals surface area contributed by atoms with Gasteiger partial charge >= 0.3 is 0 Å². The molecule has 0 saturated carbocycles. The first-order valence-electron chi connectivity index (χ1n) is 12.2. The van der Waals surface area contributed by atoms with Gasteiger partial charge in [0.2, 0.25) is 11.9 Å². The van der Waals surface area contributed by atoms with E-state index in [2.05, 4.69) is 19.8 Å². The van der Waals surface area contributed by atoms with Gasteiger partial charge in [-0.15, -0.1) is 0 Å². The van der Waals surface area contributed by atoms with Crippen molar-refractivity contribution in [2.45, 2.75) is 39.2 Å². The van der Waals surface area contributed by atoms with E-state index >= 15 is 0 Å². The molecule has 3 aromatic rings. The third kappa shape index (κ3) is 4.73. The zero-order valence-electron chi connectivity index (χ0n) is 19.7. The number of carbonyl (C=O) groups is 1. The molecule has 1 aromatic carbocycles. The molecular weight excluding hydrogens is 430 g/mol. The quantitative estimate of drug-likeness (QED) is 0.576. The number of benzene rings is 1. The second kappa shape index (κ2) is 9.79. The maximum Gasteiger partial charge on any atom is 0.261 e. The van der Waals surface area contributed by atoms with E-state index in [-0.39, 0.29) is 17.9 Å². The summed E-state index contributed by atoms with van der Waals surface area (Å²) in [6.45, 7) is 7.14. The number of hydrogen-bond donors (Lipinski definition) is 0. The van der Waals surface area contributed by atoms with Gasteiger partial charge in [0.15, 0.2) is 0 Å². The summed E-state index contributed by atoms with van der Waals surface area (Å²) >= 11 is 0. The average Bonchev–Trinajstić information content (AvgIpc) is 2.88. The number of amides is 1. The number of rotatable bonds is 5. The Morgan fingerprint density at radius 3 is 2.50 bits per heavy atom. The first-order valence-corrected chi connectivity index (χ1v) is 12.2. The van der Waals surface area contributed by atoms with E-state index in [4.69, 9.17) is 4.98 Å². The molecule has 9 heteroatoms. The summed E-state index contributed by atoms with van der Waals surface area (Å²) < 4.78 is 1.53. The van der Waals surface area contributed by atoms with Gasteiger partial charge in [0.1, 0.15) is 5.82 Å². The van der Waals surface area contributed by atoms with Crippen LogP contribution in [0.5, 0.6) is 0 Å². The fraction of sp³-hybridized carbons (Fsp3) is 0.480. The minimum atomic E-state index is -0.105. The molecule has 34 heavy (non-hydrogen) atoms. The molecule has 2 aliphatic rings. The van der Waals surface area contributed by atoms with Gasteiger partial charge in [-0.2, -0.15) is 4.98 Å². The molecule has 0 atom stereocenters. The van der Waals surface area contributed by atoms with Crippen LogP contribution < -0.4 is 15.4 Å². The van der Waals surface area contributed by atoms with E-state index in [1.165, 1.54) is 30.2 Å². The Bertz CT molecular complexity index is 1230. The minimum absolute atomic E-state index is 0.0626. The number of carbonyl (C=O) groups excluding carboxylic acids is 1.